The molecule has 0 bridgehead atoms. The van der Waals surface area contributed by atoms with E-state index in [2.05, 4.69) is 6.92 Å². The van der Waals surface area contributed by atoms with Gasteiger partial charge in [0.15, 0.2) is 23.4 Å². The van der Waals surface area contributed by atoms with Gasteiger partial charge in [-0.15, -0.1) is 0 Å². The van der Waals surface area contributed by atoms with Gasteiger partial charge in [0.1, 0.15) is 11.3 Å². The molecule has 0 saturated heterocycles. The van der Waals surface area contributed by atoms with E-state index < -0.39 is 36.0 Å². The highest BCUT2D eigenvalue weighted by Crippen LogP contribution is 2.26. The third kappa shape index (κ3) is 10.6. The van der Waals surface area contributed by atoms with Crippen molar-refractivity contribution in [1.29, 1.82) is 0 Å². The zero-order chi connectivity index (χ0) is 30.2. The van der Waals surface area contributed by atoms with Crippen molar-refractivity contribution in [2.45, 2.75) is 109 Å². The first-order chi connectivity index (χ1) is 20.4. The van der Waals surface area contributed by atoms with E-state index in [0.29, 0.717) is 17.5 Å². The fourth-order valence-corrected chi connectivity index (χ4v) is 5.09. The van der Waals surface area contributed by atoms with Crippen LogP contribution in [0.4, 0.5) is 0 Å². The summed E-state index contributed by atoms with van der Waals surface area (Å²) in [6.45, 7) is 2.23. The number of ketones is 2. The van der Waals surface area contributed by atoms with Crippen molar-refractivity contribution >= 4 is 23.5 Å². The van der Waals surface area contributed by atoms with E-state index in [4.69, 9.17) is 9.47 Å². The first kappa shape index (κ1) is 32.8. The van der Waals surface area contributed by atoms with E-state index in [9.17, 15) is 24.3 Å². The summed E-state index contributed by atoms with van der Waals surface area (Å²) in [4.78, 5) is 49.9. The molecule has 7 heteroatoms. The maximum absolute atomic E-state index is 12.6. The lowest BCUT2D eigenvalue weighted by Gasteiger charge is -2.10. The fourth-order valence-electron chi connectivity index (χ4n) is 5.09. The van der Waals surface area contributed by atoms with Crippen LogP contribution in [0.1, 0.15) is 119 Å². The summed E-state index contributed by atoms with van der Waals surface area (Å²) in [5, 5.41) is 10.5. The monoisotopic (exact) mass is 576 g/mol. The topological polar surface area (TPSA) is 107 Å². The van der Waals surface area contributed by atoms with Gasteiger partial charge in [-0.2, -0.15) is 0 Å². The lowest BCUT2D eigenvalue weighted by molar-refractivity contribution is -0.144. The number of hydrogen-bond donors (Lipinski definition) is 1. The molecule has 0 amide bonds. The number of hydrogen-bond acceptors (Lipinski definition) is 7. The van der Waals surface area contributed by atoms with Crippen LogP contribution in [-0.4, -0.2) is 34.7 Å². The Hall–Kier alpha value is -3.74. The average Bonchev–Trinajstić information content (AvgIpc) is 3.27. The minimum Gasteiger partial charge on any atom is -0.507 e. The Balaban J connectivity index is 1.34. The van der Waals surface area contributed by atoms with Crippen molar-refractivity contribution in [3.8, 4) is 5.75 Å². The van der Waals surface area contributed by atoms with Gasteiger partial charge in [-0.05, 0) is 30.7 Å². The lowest BCUT2D eigenvalue weighted by Crippen LogP contribution is -2.20. The molecule has 0 radical (unpaired) electrons. The van der Waals surface area contributed by atoms with Crippen LogP contribution >= 0.6 is 0 Å². The van der Waals surface area contributed by atoms with Gasteiger partial charge in [-0.1, -0.05) is 114 Å². The minimum absolute atomic E-state index is 0.150. The standard InChI is InChI=1S/C35H44O7/c1-2-3-4-5-6-7-8-9-10-11-12-13-17-20-29(36)32-34(39)30(42-35(32)40)25-31(37)41-28-23-21-27(22-24-28)33(38)26-18-15-14-16-19-26/h14-16,18-19,21-24,30,39H,2-13,17,20,25H2,1H3/t30-/m1/s1. The summed E-state index contributed by atoms with van der Waals surface area (Å²) in [6.07, 6.45) is 13.9. The number of esters is 2. The van der Waals surface area contributed by atoms with Gasteiger partial charge >= 0.3 is 11.9 Å². The Morgan fingerprint density at radius 2 is 1.26 bits per heavy atom. The van der Waals surface area contributed by atoms with E-state index in [1.54, 1.807) is 36.4 Å². The molecule has 2 aromatic rings. The zero-order valence-electron chi connectivity index (χ0n) is 24.8. The Labute approximate surface area is 249 Å². The number of rotatable bonds is 20. The van der Waals surface area contributed by atoms with Crippen molar-refractivity contribution in [3.63, 3.8) is 0 Å². The molecule has 0 saturated carbocycles. The summed E-state index contributed by atoms with van der Waals surface area (Å²) in [7, 11) is 0. The van der Waals surface area contributed by atoms with Crippen molar-refractivity contribution < 1.29 is 33.8 Å². The minimum atomic E-state index is -1.26. The van der Waals surface area contributed by atoms with Crippen LogP contribution in [0, 0.1) is 0 Å². The predicted molar refractivity (Wildman–Crippen MR) is 161 cm³/mol. The van der Waals surface area contributed by atoms with Gasteiger partial charge in [0, 0.05) is 17.5 Å². The number of aliphatic hydroxyl groups excluding tert-OH is 1. The fraction of sp³-hybridized carbons (Fsp3) is 0.486. The summed E-state index contributed by atoms with van der Waals surface area (Å²) >= 11 is 0. The molecule has 226 valence electrons. The number of cyclic esters (lactones) is 1. The molecule has 2 aromatic carbocycles. The van der Waals surface area contributed by atoms with Gasteiger partial charge < -0.3 is 14.6 Å². The van der Waals surface area contributed by atoms with Crippen LogP contribution < -0.4 is 4.74 Å². The van der Waals surface area contributed by atoms with E-state index in [0.717, 1.165) is 19.3 Å². The molecular weight excluding hydrogens is 532 g/mol. The Morgan fingerprint density at radius 1 is 0.738 bits per heavy atom. The molecule has 1 N–H and O–H groups in total. The van der Waals surface area contributed by atoms with Crippen LogP contribution in [0.5, 0.6) is 5.75 Å². The van der Waals surface area contributed by atoms with E-state index >= 15 is 0 Å². The van der Waals surface area contributed by atoms with Gasteiger partial charge in [0.25, 0.3) is 0 Å². The van der Waals surface area contributed by atoms with Crippen molar-refractivity contribution in [2.75, 3.05) is 0 Å². The van der Waals surface area contributed by atoms with Gasteiger partial charge in [-0.3, -0.25) is 14.4 Å². The van der Waals surface area contributed by atoms with Gasteiger partial charge in [0.05, 0.1) is 6.42 Å². The second-order valence-electron chi connectivity index (χ2n) is 11.0. The summed E-state index contributed by atoms with van der Waals surface area (Å²) < 4.78 is 10.4. The van der Waals surface area contributed by atoms with Gasteiger partial charge in [-0.25, -0.2) is 4.79 Å². The lowest BCUT2D eigenvalue weighted by atomic mass is 10.0. The number of Topliss-reactive ketones (excluding diaryl/α,β-unsaturated/α-hetero) is 1. The SMILES string of the molecule is CCCCCCCCCCCCCCCC(=O)C1=C(O)[C@@H](CC(=O)Oc2ccc(C(=O)c3ccccc3)cc2)OC1=O. The molecule has 1 aliphatic rings. The van der Waals surface area contributed by atoms with E-state index in [-0.39, 0.29) is 23.5 Å². The third-order valence-electron chi connectivity index (χ3n) is 7.54. The second kappa shape index (κ2) is 17.9. The molecule has 0 unspecified atom stereocenters. The number of unbranched alkanes of at least 4 members (excludes halogenated alkanes) is 12. The predicted octanol–water partition coefficient (Wildman–Crippen LogP) is 8.00. The Kier molecular flexibility index (Phi) is 14.0. The molecule has 42 heavy (non-hydrogen) atoms. The largest absolute Gasteiger partial charge is 0.507 e. The normalized spacial score (nSPS) is 14.6. The zero-order valence-corrected chi connectivity index (χ0v) is 24.8. The van der Waals surface area contributed by atoms with E-state index in [1.165, 1.54) is 69.9 Å². The molecule has 0 spiro atoms. The maximum atomic E-state index is 12.6. The quantitative estimate of drug-likeness (QED) is 0.0559. The highest BCUT2D eigenvalue weighted by atomic mass is 16.6. The second-order valence-corrected chi connectivity index (χ2v) is 11.0. The van der Waals surface area contributed by atoms with Crippen molar-refractivity contribution in [2.24, 2.45) is 0 Å². The van der Waals surface area contributed by atoms with Crippen LogP contribution in [-0.2, 0) is 19.1 Å². The average molecular weight is 577 g/mol. The number of carbonyl (C=O) groups is 4. The molecule has 0 aromatic heterocycles. The van der Waals surface area contributed by atoms with Crippen LogP contribution in [0.3, 0.4) is 0 Å². The molecule has 1 atom stereocenters. The molecule has 1 aliphatic heterocycles. The van der Waals surface area contributed by atoms with E-state index in [1.807, 2.05) is 6.07 Å². The van der Waals surface area contributed by atoms with Crippen LogP contribution in [0.25, 0.3) is 0 Å². The smallest absolute Gasteiger partial charge is 0.346 e. The van der Waals surface area contributed by atoms with Crippen molar-refractivity contribution in [3.05, 3.63) is 77.1 Å². The third-order valence-corrected chi connectivity index (χ3v) is 7.54. The van der Waals surface area contributed by atoms with Crippen LogP contribution in [0.2, 0.25) is 0 Å². The number of benzene rings is 2. The van der Waals surface area contributed by atoms with Gasteiger partial charge in [0.2, 0.25) is 0 Å². The molecule has 7 nitrogen and oxygen atoms in total. The van der Waals surface area contributed by atoms with Crippen molar-refractivity contribution in [1.82, 2.24) is 0 Å². The summed E-state index contributed by atoms with van der Waals surface area (Å²) in [5.74, 6) is -2.58. The number of aliphatic hydroxyl groups is 1. The maximum Gasteiger partial charge on any atom is 0.346 e. The first-order valence-electron chi connectivity index (χ1n) is 15.5. The van der Waals surface area contributed by atoms with Crippen LogP contribution in [0.15, 0.2) is 65.9 Å². The molecule has 3 rings (SSSR count). The molecule has 0 aliphatic carbocycles. The molecule has 1 heterocycles. The highest BCUT2D eigenvalue weighted by Gasteiger charge is 2.39. The number of carbonyl (C=O) groups excluding carboxylic acids is 4. The Morgan fingerprint density at radius 3 is 1.83 bits per heavy atom. The molecule has 0 fully saturated rings. The summed E-state index contributed by atoms with van der Waals surface area (Å²) in [5.41, 5.74) is 0.625. The molecular formula is C35H44O7. The number of ether oxygens (including phenoxy) is 2. The highest BCUT2D eigenvalue weighted by molar-refractivity contribution is 6.19. The first-order valence-corrected chi connectivity index (χ1v) is 15.5. The Bertz CT molecular complexity index is 1200. The summed E-state index contributed by atoms with van der Waals surface area (Å²) in [6, 6.07) is 14.9.